The van der Waals surface area contributed by atoms with Gasteiger partial charge in [0.05, 0.1) is 5.03 Å². The lowest BCUT2D eigenvalue weighted by Crippen LogP contribution is -2.28. The number of anilines is 1. The van der Waals surface area contributed by atoms with Gasteiger partial charge in [-0.2, -0.15) is 21.6 Å². The van der Waals surface area contributed by atoms with Gasteiger partial charge in [-0.1, -0.05) is 48.0 Å². The Morgan fingerprint density at radius 2 is 1.67 bits per heavy atom. The van der Waals surface area contributed by atoms with E-state index in [1.807, 2.05) is 36.4 Å². The fourth-order valence-corrected chi connectivity index (χ4v) is 3.20. The number of hydrogen-bond donors (Lipinski definition) is 1. The van der Waals surface area contributed by atoms with Crippen LogP contribution in [-0.2, 0) is 10.1 Å². The van der Waals surface area contributed by atoms with Crippen molar-refractivity contribution in [3.63, 3.8) is 0 Å². The molecule has 0 aromatic heterocycles. The number of halogens is 4. The second kappa shape index (κ2) is 6.74. The fraction of sp³-hybridized carbons (Fsp3) is 0.176. The zero-order chi connectivity index (χ0) is 20.0. The second-order valence-electron chi connectivity index (χ2n) is 5.77. The van der Waals surface area contributed by atoms with Crippen molar-refractivity contribution in [2.24, 2.45) is 0 Å². The monoisotopic (exact) mass is 419 g/mol. The molecule has 10 heteroatoms. The topological polar surface area (TPSA) is 66.8 Å². The highest BCUT2D eigenvalue weighted by Crippen LogP contribution is 2.51. The molecule has 27 heavy (non-hydrogen) atoms. The minimum atomic E-state index is -5.84. The predicted octanol–water partition coefficient (Wildman–Crippen LogP) is 4.57. The van der Waals surface area contributed by atoms with Crippen molar-refractivity contribution in [1.82, 2.24) is 0 Å². The SMILES string of the molecule is CN1c2ccccc2C(Cl)=C2Oc3ccccc3C21.O=S(=O)(O)C(F)(F)F. The first kappa shape index (κ1) is 19.5. The van der Waals surface area contributed by atoms with Crippen LogP contribution in [0.25, 0.3) is 5.03 Å². The quantitative estimate of drug-likeness (QED) is 0.500. The average Bonchev–Trinajstić information content (AvgIpc) is 2.98. The summed E-state index contributed by atoms with van der Waals surface area (Å²) in [5.74, 6) is 1.74. The third-order valence-electron chi connectivity index (χ3n) is 4.10. The molecular weight excluding hydrogens is 407 g/mol. The van der Waals surface area contributed by atoms with Gasteiger partial charge < -0.3 is 9.64 Å². The molecule has 1 N–H and O–H groups in total. The van der Waals surface area contributed by atoms with Crippen LogP contribution in [0.2, 0.25) is 0 Å². The Labute approximate surface area is 158 Å². The molecule has 0 saturated heterocycles. The number of benzene rings is 2. The van der Waals surface area contributed by atoms with E-state index >= 15 is 0 Å². The molecule has 0 aliphatic carbocycles. The van der Waals surface area contributed by atoms with E-state index in [4.69, 9.17) is 29.3 Å². The minimum absolute atomic E-state index is 0.0820. The van der Waals surface area contributed by atoms with E-state index in [2.05, 4.69) is 24.1 Å². The van der Waals surface area contributed by atoms with E-state index in [0.29, 0.717) is 0 Å². The molecule has 2 aromatic carbocycles. The average molecular weight is 420 g/mol. The van der Waals surface area contributed by atoms with Gasteiger partial charge in [0.2, 0.25) is 0 Å². The van der Waals surface area contributed by atoms with Crippen molar-refractivity contribution >= 4 is 32.4 Å². The van der Waals surface area contributed by atoms with Gasteiger partial charge >= 0.3 is 15.6 Å². The molecule has 2 heterocycles. The molecule has 2 aliphatic heterocycles. The Bertz CT molecular complexity index is 1020. The molecule has 2 aliphatic rings. The van der Waals surface area contributed by atoms with Crippen molar-refractivity contribution in [3.8, 4) is 5.75 Å². The summed E-state index contributed by atoms with van der Waals surface area (Å²) in [5, 5.41) is 0.718. The van der Waals surface area contributed by atoms with Gasteiger partial charge in [-0.05, 0) is 12.1 Å². The molecule has 0 bridgehead atoms. The Hall–Kier alpha value is -2.23. The van der Waals surface area contributed by atoms with Crippen LogP contribution < -0.4 is 9.64 Å². The number of alkyl halides is 3. The van der Waals surface area contributed by atoms with E-state index in [1.165, 1.54) is 5.56 Å². The van der Waals surface area contributed by atoms with Crippen molar-refractivity contribution in [3.05, 3.63) is 65.4 Å². The molecule has 4 rings (SSSR count). The largest absolute Gasteiger partial charge is 0.522 e. The number of rotatable bonds is 0. The molecule has 0 amide bonds. The van der Waals surface area contributed by atoms with E-state index in [9.17, 15) is 13.2 Å². The van der Waals surface area contributed by atoms with Crippen LogP contribution >= 0.6 is 11.6 Å². The number of likely N-dealkylation sites (N-methyl/N-ethyl adjacent to an activating group) is 1. The standard InChI is InChI=1S/C16H12ClNO.CHF3O3S/c1-18-12-8-4-2-6-10(12)14(17)16-15(18)11-7-3-5-9-13(11)19-16;2-1(3,4)8(5,6)7/h2-9,15H,1H3;(H,5,6,7). The first-order valence-electron chi connectivity index (χ1n) is 7.55. The molecular formula is C17H13ClF3NO4S. The van der Waals surface area contributed by atoms with Crippen LogP contribution in [0.3, 0.4) is 0 Å². The van der Waals surface area contributed by atoms with Crippen molar-refractivity contribution < 1.29 is 30.9 Å². The molecule has 2 aromatic rings. The number of hydrogen-bond acceptors (Lipinski definition) is 4. The first-order valence-corrected chi connectivity index (χ1v) is 9.36. The number of para-hydroxylation sites is 2. The molecule has 1 unspecified atom stereocenters. The fourth-order valence-electron chi connectivity index (χ4n) is 2.90. The van der Waals surface area contributed by atoms with Crippen molar-refractivity contribution in [2.75, 3.05) is 11.9 Å². The smallest absolute Gasteiger partial charge is 0.457 e. The molecule has 0 radical (unpaired) electrons. The first-order chi connectivity index (χ1) is 12.5. The van der Waals surface area contributed by atoms with Gasteiger partial charge in [0, 0.05) is 23.9 Å². The normalized spacial score (nSPS) is 18.0. The summed E-state index contributed by atoms with van der Waals surface area (Å²) in [6, 6.07) is 16.3. The summed E-state index contributed by atoms with van der Waals surface area (Å²) in [7, 11) is -3.76. The lowest BCUT2D eigenvalue weighted by atomic mass is 9.97. The number of fused-ring (bicyclic) bond motifs is 4. The summed E-state index contributed by atoms with van der Waals surface area (Å²) >= 11 is 6.53. The maximum absolute atomic E-state index is 10.7. The van der Waals surface area contributed by atoms with Gasteiger partial charge in [0.15, 0.2) is 5.76 Å². The van der Waals surface area contributed by atoms with Crippen molar-refractivity contribution in [1.29, 1.82) is 0 Å². The van der Waals surface area contributed by atoms with Crippen LogP contribution in [-0.4, -0.2) is 25.5 Å². The molecule has 0 spiro atoms. The zero-order valence-electron chi connectivity index (χ0n) is 13.7. The molecule has 1 atom stereocenters. The number of nitrogens with zero attached hydrogens (tertiary/aromatic N) is 1. The van der Waals surface area contributed by atoms with Crippen LogP contribution in [0, 0.1) is 0 Å². The third kappa shape index (κ3) is 3.50. The second-order valence-corrected chi connectivity index (χ2v) is 7.56. The summed E-state index contributed by atoms with van der Waals surface area (Å²) in [5.41, 5.74) is -2.19. The maximum atomic E-state index is 10.7. The molecule has 144 valence electrons. The Morgan fingerprint density at radius 1 is 1.11 bits per heavy atom. The van der Waals surface area contributed by atoms with E-state index in [1.54, 1.807) is 0 Å². The van der Waals surface area contributed by atoms with Crippen molar-refractivity contribution in [2.45, 2.75) is 11.6 Å². The summed E-state index contributed by atoms with van der Waals surface area (Å²) in [4.78, 5) is 2.22. The Kier molecular flexibility index (Phi) is 4.87. The van der Waals surface area contributed by atoms with Gasteiger partial charge in [0.25, 0.3) is 0 Å². The molecule has 0 fully saturated rings. The summed E-state index contributed by atoms with van der Waals surface area (Å²) < 4.78 is 63.5. The highest BCUT2D eigenvalue weighted by atomic mass is 35.5. The lowest BCUT2D eigenvalue weighted by molar-refractivity contribution is -0.0510. The predicted molar refractivity (Wildman–Crippen MR) is 95.0 cm³/mol. The van der Waals surface area contributed by atoms with Gasteiger partial charge in [-0.25, -0.2) is 0 Å². The Balaban J connectivity index is 0.000000226. The maximum Gasteiger partial charge on any atom is 0.522 e. The molecule has 5 nitrogen and oxygen atoms in total. The van der Waals surface area contributed by atoms with Crippen LogP contribution in [0.1, 0.15) is 17.2 Å². The van der Waals surface area contributed by atoms with Crippen LogP contribution in [0.15, 0.2) is 54.3 Å². The van der Waals surface area contributed by atoms with E-state index < -0.39 is 15.6 Å². The van der Waals surface area contributed by atoms with E-state index in [0.717, 1.165) is 27.8 Å². The minimum Gasteiger partial charge on any atom is -0.457 e. The highest BCUT2D eigenvalue weighted by molar-refractivity contribution is 7.86. The lowest BCUT2D eigenvalue weighted by Gasteiger charge is -2.33. The summed E-state index contributed by atoms with van der Waals surface area (Å²) in [6.07, 6.45) is 0. The third-order valence-corrected chi connectivity index (χ3v) is 5.07. The summed E-state index contributed by atoms with van der Waals surface area (Å²) in [6.45, 7) is 0. The highest BCUT2D eigenvalue weighted by Gasteiger charge is 2.44. The van der Waals surface area contributed by atoms with E-state index in [-0.39, 0.29) is 6.04 Å². The zero-order valence-corrected chi connectivity index (χ0v) is 15.3. The Morgan fingerprint density at radius 3 is 2.30 bits per heavy atom. The van der Waals surface area contributed by atoms with Gasteiger partial charge in [-0.15, -0.1) is 0 Å². The number of ether oxygens (including phenoxy) is 1. The van der Waals surface area contributed by atoms with Crippen LogP contribution in [0.4, 0.5) is 18.9 Å². The van der Waals surface area contributed by atoms with Crippen LogP contribution in [0.5, 0.6) is 5.75 Å². The van der Waals surface area contributed by atoms with Gasteiger partial charge in [0.1, 0.15) is 11.8 Å². The molecule has 0 saturated carbocycles. The van der Waals surface area contributed by atoms with Gasteiger partial charge in [-0.3, -0.25) is 4.55 Å².